The Morgan fingerprint density at radius 3 is 2.88 bits per heavy atom. The number of amides is 1. The molecule has 0 bridgehead atoms. The third kappa shape index (κ3) is 3.70. The SMILES string of the molecule is COc1cccc(NC(=O)CSc2nnc3c4c5c(sc4nc(-c4ccccc4)n23)CCC5)c1. The molecule has 3 heterocycles. The maximum absolute atomic E-state index is 12.7. The molecule has 5 aromatic rings. The highest BCUT2D eigenvalue weighted by molar-refractivity contribution is 7.99. The van der Waals surface area contributed by atoms with E-state index in [-0.39, 0.29) is 11.7 Å². The molecule has 0 saturated heterocycles. The molecule has 1 amide bonds. The zero-order valence-corrected chi connectivity index (χ0v) is 20.1. The Morgan fingerprint density at radius 1 is 1.15 bits per heavy atom. The number of fused-ring (bicyclic) bond motifs is 5. The lowest BCUT2D eigenvalue weighted by molar-refractivity contribution is -0.113. The Kier molecular flexibility index (Phi) is 5.43. The van der Waals surface area contributed by atoms with Crippen LogP contribution in [0, 0.1) is 0 Å². The van der Waals surface area contributed by atoms with Crippen LogP contribution in [0.3, 0.4) is 0 Å². The monoisotopic (exact) mass is 487 g/mol. The number of anilines is 1. The molecule has 0 spiro atoms. The number of carbonyl (C=O) groups excluding carboxylic acids is 1. The molecule has 2 aromatic carbocycles. The molecule has 1 aliphatic carbocycles. The van der Waals surface area contributed by atoms with E-state index >= 15 is 0 Å². The number of ether oxygens (including phenoxy) is 1. The zero-order chi connectivity index (χ0) is 23.1. The van der Waals surface area contributed by atoms with Crippen LogP contribution in [0.1, 0.15) is 16.9 Å². The normalized spacial score (nSPS) is 12.9. The second kappa shape index (κ2) is 8.73. The van der Waals surface area contributed by atoms with Crippen molar-refractivity contribution in [1.29, 1.82) is 0 Å². The molecule has 3 aromatic heterocycles. The number of thioether (sulfide) groups is 1. The predicted molar refractivity (Wildman–Crippen MR) is 136 cm³/mol. The highest BCUT2D eigenvalue weighted by Gasteiger charge is 2.25. The second-order valence-corrected chi connectivity index (χ2v) is 10.1. The maximum Gasteiger partial charge on any atom is 0.234 e. The van der Waals surface area contributed by atoms with Gasteiger partial charge in [-0.1, -0.05) is 48.2 Å². The van der Waals surface area contributed by atoms with Crippen molar-refractivity contribution < 1.29 is 9.53 Å². The van der Waals surface area contributed by atoms with Crippen molar-refractivity contribution in [1.82, 2.24) is 19.6 Å². The molecule has 6 rings (SSSR count). The minimum Gasteiger partial charge on any atom is -0.497 e. The molecular weight excluding hydrogens is 466 g/mol. The molecule has 7 nitrogen and oxygen atoms in total. The molecule has 0 unspecified atom stereocenters. The van der Waals surface area contributed by atoms with Gasteiger partial charge in [0.05, 0.1) is 18.2 Å². The summed E-state index contributed by atoms with van der Waals surface area (Å²) < 4.78 is 7.24. The Hall–Kier alpha value is -3.43. The first-order valence-corrected chi connectivity index (χ1v) is 12.8. The van der Waals surface area contributed by atoms with Crippen LogP contribution in [-0.4, -0.2) is 38.4 Å². The summed E-state index contributed by atoms with van der Waals surface area (Å²) in [5.41, 5.74) is 3.86. The third-order valence-electron chi connectivity index (χ3n) is 5.90. The number of aryl methyl sites for hydroxylation is 2. The smallest absolute Gasteiger partial charge is 0.234 e. The fourth-order valence-corrected chi connectivity index (χ4v) is 6.36. The molecule has 9 heteroatoms. The minimum absolute atomic E-state index is 0.123. The quantitative estimate of drug-likeness (QED) is 0.330. The average molecular weight is 488 g/mol. The summed E-state index contributed by atoms with van der Waals surface area (Å²) in [4.78, 5) is 20.2. The molecule has 0 atom stereocenters. The van der Waals surface area contributed by atoms with Crippen LogP contribution in [0.4, 0.5) is 5.69 Å². The Labute approximate surface area is 204 Å². The number of rotatable bonds is 6. The molecule has 0 saturated carbocycles. The van der Waals surface area contributed by atoms with Crippen molar-refractivity contribution in [3.63, 3.8) is 0 Å². The first kappa shape index (κ1) is 21.1. The van der Waals surface area contributed by atoms with E-state index in [0.29, 0.717) is 16.6 Å². The molecule has 1 aliphatic rings. The molecule has 0 radical (unpaired) electrons. The van der Waals surface area contributed by atoms with Crippen LogP contribution in [0.5, 0.6) is 5.75 Å². The first-order chi connectivity index (χ1) is 16.7. The van der Waals surface area contributed by atoms with Crippen molar-refractivity contribution >= 4 is 50.6 Å². The van der Waals surface area contributed by atoms with Crippen LogP contribution in [0.2, 0.25) is 0 Å². The number of aromatic nitrogens is 4. The van der Waals surface area contributed by atoms with E-state index in [1.54, 1.807) is 24.5 Å². The van der Waals surface area contributed by atoms with E-state index in [1.165, 1.54) is 28.6 Å². The van der Waals surface area contributed by atoms with E-state index in [4.69, 9.17) is 9.72 Å². The molecule has 34 heavy (non-hydrogen) atoms. The number of benzene rings is 2. The zero-order valence-electron chi connectivity index (χ0n) is 18.4. The summed E-state index contributed by atoms with van der Waals surface area (Å²) in [6.07, 6.45) is 3.32. The molecule has 170 valence electrons. The van der Waals surface area contributed by atoms with Crippen LogP contribution < -0.4 is 10.1 Å². The van der Waals surface area contributed by atoms with Gasteiger partial charge < -0.3 is 10.1 Å². The van der Waals surface area contributed by atoms with Gasteiger partial charge in [0.15, 0.2) is 10.8 Å². The third-order valence-corrected chi connectivity index (χ3v) is 8.01. The lowest BCUT2D eigenvalue weighted by Gasteiger charge is -2.09. The highest BCUT2D eigenvalue weighted by atomic mass is 32.2. The Bertz CT molecular complexity index is 1530. The van der Waals surface area contributed by atoms with Crippen molar-refractivity contribution in [2.45, 2.75) is 24.4 Å². The lowest BCUT2D eigenvalue weighted by Crippen LogP contribution is -2.14. The van der Waals surface area contributed by atoms with Crippen molar-refractivity contribution in [2.75, 3.05) is 18.2 Å². The van der Waals surface area contributed by atoms with E-state index in [0.717, 1.165) is 40.1 Å². The summed E-state index contributed by atoms with van der Waals surface area (Å²) in [5, 5.41) is 13.7. The van der Waals surface area contributed by atoms with Gasteiger partial charge >= 0.3 is 0 Å². The fourth-order valence-electron chi connectivity index (χ4n) is 4.37. The minimum atomic E-state index is -0.123. The van der Waals surface area contributed by atoms with Crippen molar-refractivity contribution in [2.24, 2.45) is 0 Å². The molecular formula is C25H21N5O2S2. The summed E-state index contributed by atoms with van der Waals surface area (Å²) in [7, 11) is 1.60. The fraction of sp³-hybridized carbons (Fsp3) is 0.200. The van der Waals surface area contributed by atoms with E-state index < -0.39 is 0 Å². The maximum atomic E-state index is 12.7. The van der Waals surface area contributed by atoms with Gasteiger partial charge in [0, 0.05) is 22.2 Å². The second-order valence-electron chi connectivity index (χ2n) is 8.05. The van der Waals surface area contributed by atoms with Gasteiger partial charge in [-0.2, -0.15) is 0 Å². The van der Waals surface area contributed by atoms with E-state index in [9.17, 15) is 4.79 Å². The van der Waals surface area contributed by atoms with Crippen LogP contribution in [0.25, 0.3) is 27.3 Å². The number of nitrogens with zero attached hydrogens (tertiary/aromatic N) is 4. The topological polar surface area (TPSA) is 81.4 Å². The van der Waals surface area contributed by atoms with Crippen molar-refractivity contribution in [3.8, 4) is 17.1 Å². The summed E-state index contributed by atoms with van der Waals surface area (Å²) in [6, 6.07) is 17.4. The first-order valence-electron chi connectivity index (χ1n) is 11.0. The molecule has 0 fully saturated rings. The highest BCUT2D eigenvalue weighted by Crippen LogP contribution is 2.40. The standard InChI is InChI=1S/C25H21N5O2S2/c1-32-17-10-5-9-16(13-17)26-20(31)14-33-25-29-28-23-21-18-11-6-12-19(18)34-24(21)27-22(30(23)25)15-7-3-2-4-8-15/h2-5,7-10,13H,6,11-12,14H2,1H3,(H,26,31). The van der Waals surface area contributed by atoms with Crippen LogP contribution in [0.15, 0.2) is 59.8 Å². The van der Waals surface area contributed by atoms with Crippen LogP contribution >= 0.6 is 23.1 Å². The lowest BCUT2D eigenvalue weighted by atomic mass is 10.1. The number of carbonyl (C=O) groups is 1. The van der Waals surface area contributed by atoms with Crippen molar-refractivity contribution in [3.05, 3.63) is 65.0 Å². The summed E-state index contributed by atoms with van der Waals surface area (Å²) >= 11 is 3.13. The van der Waals surface area contributed by atoms with Crippen LogP contribution in [-0.2, 0) is 17.6 Å². The van der Waals surface area contributed by atoms with Gasteiger partial charge in [-0.25, -0.2) is 4.98 Å². The number of nitrogens with one attached hydrogen (secondary N) is 1. The number of methoxy groups -OCH3 is 1. The van der Waals surface area contributed by atoms with Gasteiger partial charge in [0.25, 0.3) is 0 Å². The summed E-state index contributed by atoms with van der Waals surface area (Å²) in [5.74, 6) is 1.57. The Morgan fingerprint density at radius 2 is 2.03 bits per heavy atom. The average Bonchev–Trinajstić information content (AvgIpc) is 3.57. The molecule has 1 N–H and O–H groups in total. The van der Waals surface area contributed by atoms with Gasteiger partial charge in [-0.05, 0) is 37.0 Å². The van der Waals surface area contributed by atoms with Gasteiger partial charge in [-0.15, -0.1) is 21.5 Å². The van der Waals surface area contributed by atoms with Gasteiger partial charge in [0.1, 0.15) is 16.4 Å². The number of hydrogen-bond donors (Lipinski definition) is 1. The molecule has 0 aliphatic heterocycles. The number of thiophene rings is 1. The van der Waals surface area contributed by atoms with E-state index in [1.807, 2.05) is 52.9 Å². The number of hydrogen-bond acceptors (Lipinski definition) is 7. The predicted octanol–water partition coefficient (Wildman–Crippen LogP) is 5.23. The van der Waals surface area contributed by atoms with E-state index in [2.05, 4.69) is 15.5 Å². The summed E-state index contributed by atoms with van der Waals surface area (Å²) in [6.45, 7) is 0. The largest absolute Gasteiger partial charge is 0.497 e. The van der Waals surface area contributed by atoms with Gasteiger partial charge in [0.2, 0.25) is 5.91 Å². The Balaban J connectivity index is 1.37. The van der Waals surface area contributed by atoms with Gasteiger partial charge in [-0.3, -0.25) is 9.20 Å².